The van der Waals surface area contributed by atoms with E-state index in [9.17, 15) is 4.79 Å². The van der Waals surface area contributed by atoms with Crippen LogP contribution >= 0.6 is 11.8 Å². The van der Waals surface area contributed by atoms with Crippen LogP contribution in [-0.2, 0) is 24.5 Å². The minimum Gasteiger partial charge on any atom is -0.390 e. The molecule has 7 nitrogen and oxygen atoms in total. The number of hydrogen-bond acceptors (Lipinski definition) is 6. The molecule has 1 aliphatic rings. The lowest BCUT2D eigenvalue weighted by atomic mass is 10.3. The van der Waals surface area contributed by atoms with Crippen LogP contribution in [0.15, 0.2) is 23.5 Å². The van der Waals surface area contributed by atoms with Gasteiger partial charge < -0.3 is 10.0 Å². The molecule has 22 heavy (non-hydrogen) atoms. The second-order valence-electron chi connectivity index (χ2n) is 5.09. The number of carbonyl (C=O) groups excluding carboxylic acids is 1. The SMILES string of the molecule is Cc1ccnc(SCC(=O)N2CCn3nc(CO)cc3C2)n1. The summed E-state index contributed by atoms with van der Waals surface area (Å²) in [4.78, 5) is 22.5. The van der Waals surface area contributed by atoms with Crippen LogP contribution in [0.4, 0.5) is 0 Å². The van der Waals surface area contributed by atoms with Gasteiger partial charge in [0.25, 0.3) is 0 Å². The van der Waals surface area contributed by atoms with E-state index >= 15 is 0 Å². The number of fused-ring (bicyclic) bond motifs is 1. The molecule has 0 spiro atoms. The van der Waals surface area contributed by atoms with Crippen molar-refractivity contribution in [2.75, 3.05) is 12.3 Å². The van der Waals surface area contributed by atoms with Crippen molar-refractivity contribution in [1.82, 2.24) is 24.6 Å². The zero-order valence-corrected chi connectivity index (χ0v) is 13.1. The summed E-state index contributed by atoms with van der Waals surface area (Å²) in [5, 5.41) is 14.0. The quantitative estimate of drug-likeness (QED) is 0.656. The summed E-state index contributed by atoms with van der Waals surface area (Å²) >= 11 is 1.35. The molecule has 0 fully saturated rings. The van der Waals surface area contributed by atoms with E-state index in [2.05, 4.69) is 15.1 Å². The smallest absolute Gasteiger partial charge is 0.233 e. The number of nitrogens with zero attached hydrogens (tertiary/aromatic N) is 5. The Kier molecular flexibility index (Phi) is 4.39. The summed E-state index contributed by atoms with van der Waals surface area (Å²) in [5.74, 6) is 0.387. The molecular formula is C14H17N5O2S. The van der Waals surface area contributed by atoms with Gasteiger partial charge in [0.15, 0.2) is 5.16 Å². The predicted molar refractivity (Wildman–Crippen MR) is 81.1 cm³/mol. The van der Waals surface area contributed by atoms with Gasteiger partial charge in [-0.15, -0.1) is 0 Å². The number of aliphatic hydroxyl groups is 1. The van der Waals surface area contributed by atoms with Crippen molar-refractivity contribution in [3.05, 3.63) is 35.4 Å². The number of hydrogen-bond donors (Lipinski definition) is 1. The molecule has 0 saturated heterocycles. The van der Waals surface area contributed by atoms with E-state index in [1.165, 1.54) is 11.8 Å². The summed E-state index contributed by atoms with van der Waals surface area (Å²) in [6.07, 6.45) is 1.70. The summed E-state index contributed by atoms with van der Waals surface area (Å²) in [6.45, 7) is 3.65. The minimum atomic E-state index is -0.0749. The molecule has 1 N–H and O–H groups in total. The van der Waals surface area contributed by atoms with Crippen LogP contribution < -0.4 is 0 Å². The molecule has 8 heteroatoms. The highest BCUT2D eigenvalue weighted by Gasteiger charge is 2.22. The minimum absolute atomic E-state index is 0.0631. The van der Waals surface area contributed by atoms with E-state index < -0.39 is 0 Å². The van der Waals surface area contributed by atoms with Crippen molar-refractivity contribution in [3.63, 3.8) is 0 Å². The molecule has 0 radical (unpaired) electrons. The van der Waals surface area contributed by atoms with Gasteiger partial charge in [-0.1, -0.05) is 11.8 Å². The van der Waals surface area contributed by atoms with Gasteiger partial charge in [-0.05, 0) is 19.1 Å². The number of aliphatic hydroxyl groups excluding tert-OH is 1. The van der Waals surface area contributed by atoms with Crippen LogP contribution in [-0.4, -0.2) is 48.0 Å². The van der Waals surface area contributed by atoms with Crippen LogP contribution in [0.2, 0.25) is 0 Å². The first-order valence-electron chi connectivity index (χ1n) is 7.02. The van der Waals surface area contributed by atoms with Crippen LogP contribution in [0.1, 0.15) is 17.1 Å². The Hall–Kier alpha value is -1.93. The Morgan fingerprint density at radius 1 is 1.45 bits per heavy atom. The first kappa shape index (κ1) is 15.0. The van der Waals surface area contributed by atoms with E-state index in [4.69, 9.17) is 5.11 Å². The van der Waals surface area contributed by atoms with Gasteiger partial charge in [0, 0.05) is 18.4 Å². The van der Waals surface area contributed by atoms with Crippen molar-refractivity contribution in [1.29, 1.82) is 0 Å². The van der Waals surface area contributed by atoms with Gasteiger partial charge in [0.1, 0.15) is 0 Å². The monoisotopic (exact) mass is 319 g/mol. The first-order valence-corrected chi connectivity index (χ1v) is 8.01. The number of thioether (sulfide) groups is 1. The second-order valence-corrected chi connectivity index (χ2v) is 6.04. The molecule has 116 valence electrons. The molecule has 0 unspecified atom stereocenters. The van der Waals surface area contributed by atoms with E-state index in [-0.39, 0.29) is 12.5 Å². The molecule has 0 aliphatic carbocycles. The van der Waals surface area contributed by atoms with Crippen LogP contribution in [0.3, 0.4) is 0 Å². The number of rotatable bonds is 4. The molecule has 2 aromatic heterocycles. The highest BCUT2D eigenvalue weighted by atomic mass is 32.2. The summed E-state index contributed by atoms with van der Waals surface area (Å²) in [6, 6.07) is 3.67. The Bertz CT molecular complexity index is 688. The maximum Gasteiger partial charge on any atom is 0.233 e. The van der Waals surface area contributed by atoms with Crippen molar-refractivity contribution in [3.8, 4) is 0 Å². The maximum atomic E-state index is 12.3. The normalized spacial score (nSPS) is 14.0. The summed E-state index contributed by atoms with van der Waals surface area (Å²) < 4.78 is 1.85. The van der Waals surface area contributed by atoms with Gasteiger partial charge in [-0.2, -0.15) is 5.10 Å². The summed E-state index contributed by atoms with van der Waals surface area (Å²) in [7, 11) is 0. The lowest BCUT2D eigenvalue weighted by Crippen LogP contribution is -2.39. The van der Waals surface area contributed by atoms with Gasteiger partial charge in [-0.3, -0.25) is 9.48 Å². The van der Waals surface area contributed by atoms with Gasteiger partial charge in [-0.25, -0.2) is 9.97 Å². The molecule has 3 rings (SSSR count). The molecule has 0 bridgehead atoms. The van der Waals surface area contributed by atoms with Gasteiger partial charge in [0.2, 0.25) is 5.91 Å². The van der Waals surface area contributed by atoms with Crippen LogP contribution in [0.25, 0.3) is 0 Å². The fourth-order valence-corrected chi connectivity index (χ4v) is 3.11. The molecule has 1 amide bonds. The molecule has 2 aromatic rings. The summed E-state index contributed by atoms with van der Waals surface area (Å²) in [5.41, 5.74) is 2.50. The average Bonchev–Trinajstić information content (AvgIpc) is 2.95. The zero-order chi connectivity index (χ0) is 15.5. The van der Waals surface area contributed by atoms with E-state index in [0.29, 0.717) is 36.2 Å². The Balaban J connectivity index is 1.59. The fourth-order valence-electron chi connectivity index (χ4n) is 2.33. The standard InChI is InChI=1S/C14H17N5O2S/c1-10-2-3-15-14(16-10)22-9-13(21)18-4-5-19-12(7-18)6-11(8-20)17-19/h2-3,6,20H,4-5,7-9H2,1H3. The first-order chi connectivity index (χ1) is 10.7. The van der Waals surface area contributed by atoms with Crippen molar-refractivity contribution < 1.29 is 9.90 Å². The number of aromatic nitrogens is 4. The third-order valence-corrected chi connectivity index (χ3v) is 4.31. The average molecular weight is 319 g/mol. The Morgan fingerprint density at radius 2 is 2.32 bits per heavy atom. The van der Waals surface area contributed by atoms with Crippen LogP contribution in [0, 0.1) is 6.92 Å². The van der Waals surface area contributed by atoms with Crippen LogP contribution in [0.5, 0.6) is 0 Å². The van der Waals surface area contributed by atoms with Gasteiger partial charge >= 0.3 is 0 Å². The number of carbonyl (C=O) groups is 1. The number of amides is 1. The highest BCUT2D eigenvalue weighted by Crippen LogP contribution is 2.17. The molecule has 3 heterocycles. The number of aryl methyl sites for hydroxylation is 1. The van der Waals surface area contributed by atoms with E-state index in [1.807, 2.05) is 23.7 Å². The molecule has 0 aromatic carbocycles. The fraction of sp³-hybridized carbons (Fsp3) is 0.429. The second kappa shape index (κ2) is 6.45. The van der Waals surface area contributed by atoms with Crippen molar-refractivity contribution in [2.45, 2.75) is 31.8 Å². The molecule has 1 aliphatic heterocycles. The van der Waals surface area contributed by atoms with Crippen molar-refractivity contribution in [2.24, 2.45) is 0 Å². The Morgan fingerprint density at radius 3 is 3.09 bits per heavy atom. The third-order valence-electron chi connectivity index (χ3n) is 3.46. The highest BCUT2D eigenvalue weighted by molar-refractivity contribution is 7.99. The largest absolute Gasteiger partial charge is 0.390 e. The van der Waals surface area contributed by atoms with Gasteiger partial charge in [0.05, 0.1) is 36.8 Å². The molecular weight excluding hydrogens is 302 g/mol. The lowest BCUT2D eigenvalue weighted by Gasteiger charge is -2.27. The predicted octanol–water partition coefficient (Wildman–Crippen LogP) is 0.608. The van der Waals surface area contributed by atoms with E-state index in [1.54, 1.807) is 11.1 Å². The maximum absolute atomic E-state index is 12.3. The lowest BCUT2D eigenvalue weighted by molar-refractivity contribution is -0.129. The topological polar surface area (TPSA) is 84.1 Å². The Labute approximate surface area is 132 Å². The molecule has 0 atom stereocenters. The molecule has 0 saturated carbocycles. The van der Waals surface area contributed by atoms with Crippen molar-refractivity contribution >= 4 is 17.7 Å². The van der Waals surface area contributed by atoms with E-state index in [0.717, 1.165) is 11.4 Å². The third kappa shape index (κ3) is 3.28. The zero-order valence-electron chi connectivity index (χ0n) is 12.3.